The molecular formula is C27H37N4OP. The van der Waals surface area contributed by atoms with Crippen molar-refractivity contribution in [3.05, 3.63) is 60.2 Å². The Morgan fingerprint density at radius 3 is 2.21 bits per heavy atom. The molecule has 2 aromatic carbocycles. The van der Waals surface area contributed by atoms with Crippen molar-refractivity contribution in [3.63, 3.8) is 0 Å². The van der Waals surface area contributed by atoms with Crippen LogP contribution in [0.3, 0.4) is 0 Å². The number of benzene rings is 2. The summed E-state index contributed by atoms with van der Waals surface area (Å²) in [6, 6.07) is 20.7. The number of rotatable bonds is 10. The Labute approximate surface area is 201 Å². The molecule has 0 radical (unpaired) electrons. The molecule has 5 nitrogen and oxygen atoms in total. The molecule has 33 heavy (non-hydrogen) atoms. The number of amides is 1. The van der Waals surface area contributed by atoms with E-state index in [1.165, 1.54) is 0 Å². The number of nitrogens with one attached hydrogen (secondary N) is 1. The summed E-state index contributed by atoms with van der Waals surface area (Å²) in [6.45, 7) is 10.1. The highest BCUT2D eigenvalue weighted by Gasteiger charge is 2.35. The first kappa shape index (κ1) is 25.4. The SMILES string of the molecule is CC(C)C(C#N)(CCCN1CCN(CCC(=O)Nc2ccc(P)cc2)CC1)c1ccccc1. The third-order valence-corrected chi connectivity index (χ3v) is 7.22. The largest absolute Gasteiger partial charge is 0.326 e. The molecule has 3 rings (SSSR count). The molecule has 2 atom stereocenters. The Morgan fingerprint density at radius 1 is 1.03 bits per heavy atom. The zero-order valence-electron chi connectivity index (χ0n) is 20.0. The standard InChI is InChI=1S/C27H37N4OP/c1-22(2)27(21-28,23-7-4-3-5-8-23)14-6-15-30-17-19-31(20-18-30)16-13-26(32)29-24-9-11-25(33)12-10-24/h3-5,7-12,22H,6,13-20,33H2,1-2H3,(H,29,32). The van der Waals surface area contributed by atoms with Crippen LogP contribution in [0.1, 0.15) is 38.7 Å². The maximum absolute atomic E-state index is 12.3. The van der Waals surface area contributed by atoms with E-state index in [2.05, 4.69) is 56.4 Å². The molecule has 6 heteroatoms. The minimum absolute atomic E-state index is 0.0661. The van der Waals surface area contributed by atoms with Gasteiger partial charge in [-0.05, 0) is 48.3 Å². The molecule has 2 aromatic rings. The fourth-order valence-corrected chi connectivity index (χ4v) is 4.81. The summed E-state index contributed by atoms with van der Waals surface area (Å²) in [5.41, 5.74) is 1.56. The number of carbonyl (C=O) groups is 1. The number of anilines is 1. The molecule has 1 saturated heterocycles. The van der Waals surface area contributed by atoms with Crippen molar-refractivity contribution < 1.29 is 4.79 Å². The summed E-state index contributed by atoms with van der Waals surface area (Å²) < 4.78 is 0. The summed E-state index contributed by atoms with van der Waals surface area (Å²) in [5, 5.41) is 14.2. The summed E-state index contributed by atoms with van der Waals surface area (Å²) >= 11 is 0. The highest BCUT2D eigenvalue weighted by Crippen LogP contribution is 2.36. The molecule has 0 saturated carbocycles. The molecule has 1 N–H and O–H groups in total. The maximum Gasteiger partial charge on any atom is 0.225 e. The van der Waals surface area contributed by atoms with Crippen LogP contribution >= 0.6 is 9.24 Å². The fourth-order valence-electron chi connectivity index (χ4n) is 4.62. The van der Waals surface area contributed by atoms with Gasteiger partial charge in [0.05, 0.1) is 11.5 Å². The van der Waals surface area contributed by atoms with E-state index in [1.807, 2.05) is 42.5 Å². The first-order valence-electron chi connectivity index (χ1n) is 12.0. The Kier molecular flexibility index (Phi) is 9.44. The molecule has 1 amide bonds. The Bertz CT molecular complexity index is 917. The van der Waals surface area contributed by atoms with Gasteiger partial charge in [-0.25, -0.2) is 0 Å². The molecule has 2 unspecified atom stereocenters. The van der Waals surface area contributed by atoms with Crippen LogP contribution in [-0.2, 0) is 10.2 Å². The van der Waals surface area contributed by atoms with Gasteiger partial charge in [0.1, 0.15) is 0 Å². The number of nitriles is 1. The maximum atomic E-state index is 12.3. The van der Waals surface area contributed by atoms with Crippen LogP contribution in [0.25, 0.3) is 0 Å². The summed E-state index contributed by atoms with van der Waals surface area (Å²) in [4.78, 5) is 17.1. The monoisotopic (exact) mass is 464 g/mol. The van der Waals surface area contributed by atoms with Crippen molar-refractivity contribution in [2.24, 2.45) is 5.92 Å². The van der Waals surface area contributed by atoms with Gasteiger partial charge in [-0.1, -0.05) is 56.3 Å². The first-order valence-corrected chi connectivity index (χ1v) is 12.6. The number of hydrogen-bond acceptors (Lipinski definition) is 4. The Hall–Kier alpha value is -2.25. The van der Waals surface area contributed by atoms with E-state index in [4.69, 9.17) is 0 Å². The van der Waals surface area contributed by atoms with Crippen LogP contribution in [0.4, 0.5) is 5.69 Å². The zero-order valence-corrected chi connectivity index (χ0v) is 21.1. The van der Waals surface area contributed by atoms with E-state index in [-0.39, 0.29) is 11.8 Å². The van der Waals surface area contributed by atoms with Crippen molar-refractivity contribution in [1.82, 2.24) is 9.80 Å². The highest BCUT2D eigenvalue weighted by atomic mass is 31.0. The van der Waals surface area contributed by atoms with Crippen LogP contribution in [0.15, 0.2) is 54.6 Å². The molecule has 0 aliphatic carbocycles. The number of hydrogen-bond donors (Lipinski definition) is 1. The average Bonchev–Trinajstić information content (AvgIpc) is 2.83. The molecule has 0 bridgehead atoms. The van der Waals surface area contributed by atoms with Gasteiger partial charge in [0, 0.05) is 44.8 Å². The molecule has 1 fully saturated rings. The minimum atomic E-state index is -0.424. The molecule has 0 aromatic heterocycles. The molecule has 1 aliphatic rings. The second kappa shape index (κ2) is 12.3. The smallest absolute Gasteiger partial charge is 0.225 e. The molecule has 0 spiro atoms. The van der Waals surface area contributed by atoms with Crippen molar-refractivity contribution in [1.29, 1.82) is 5.26 Å². The predicted octanol–water partition coefficient (Wildman–Crippen LogP) is 4.03. The van der Waals surface area contributed by atoms with Gasteiger partial charge in [0.25, 0.3) is 0 Å². The first-order chi connectivity index (χ1) is 15.9. The molecular weight excluding hydrogens is 427 g/mol. The van der Waals surface area contributed by atoms with E-state index >= 15 is 0 Å². The lowest BCUT2D eigenvalue weighted by Gasteiger charge is -2.36. The number of carbonyl (C=O) groups excluding carboxylic acids is 1. The van der Waals surface area contributed by atoms with Crippen molar-refractivity contribution in [2.75, 3.05) is 44.6 Å². The van der Waals surface area contributed by atoms with Crippen LogP contribution < -0.4 is 10.6 Å². The van der Waals surface area contributed by atoms with E-state index in [0.29, 0.717) is 6.42 Å². The van der Waals surface area contributed by atoms with Gasteiger partial charge >= 0.3 is 0 Å². The number of piperazine rings is 1. The quantitative estimate of drug-likeness (QED) is 0.540. The van der Waals surface area contributed by atoms with Gasteiger partial charge in [-0.15, -0.1) is 9.24 Å². The summed E-state index contributed by atoms with van der Waals surface area (Å²) in [5.74, 6) is 0.336. The van der Waals surface area contributed by atoms with Gasteiger partial charge in [0.15, 0.2) is 0 Å². The fraction of sp³-hybridized carbons (Fsp3) is 0.481. The van der Waals surface area contributed by atoms with E-state index < -0.39 is 5.41 Å². The highest BCUT2D eigenvalue weighted by molar-refractivity contribution is 7.27. The Morgan fingerprint density at radius 2 is 1.64 bits per heavy atom. The van der Waals surface area contributed by atoms with Crippen molar-refractivity contribution in [2.45, 2.75) is 38.5 Å². The van der Waals surface area contributed by atoms with Gasteiger partial charge in [-0.3, -0.25) is 4.79 Å². The van der Waals surface area contributed by atoms with Crippen LogP contribution in [0.2, 0.25) is 0 Å². The number of nitrogens with zero attached hydrogens (tertiary/aromatic N) is 3. The van der Waals surface area contributed by atoms with Crippen LogP contribution in [0.5, 0.6) is 0 Å². The van der Waals surface area contributed by atoms with Crippen LogP contribution in [0, 0.1) is 17.2 Å². The molecule has 1 heterocycles. The normalized spacial score (nSPS) is 16.8. The lowest BCUT2D eigenvalue weighted by Crippen LogP contribution is -2.47. The van der Waals surface area contributed by atoms with Gasteiger partial charge in [-0.2, -0.15) is 5.26 Å². The van der Waals surface area contributed by atoms with Gasteiger partial charge in [0.2, 0.25) is 5.91 Å². The third kappa shape index (κ3) is 7.11. The van der Waals surface area contributed by atoms with E-state index in [0.717, 1.165) is 68.7 Å². The van der Waals surface area contributed by atoms with Crippen LogP contribution in [-0.4, -0.2) is 55.0 Å². The lowest BCUT2D eigenvalue weighted by atomic mass is 9.70. The second-order valence-corrected chi connectivity index (χ2v) is 9.98. The third-order valence-electron chi connectivity index (χ3n) is 6.83. The zero-order chi connectivity index (χ0) is 23.7. The predicted molar refractivity (Wildman–Crippen MR) is 140 cm³/mol. The van der Waals surface area contributed by atoms with E-state index in [1.54, 1.807) is 0 Å². The lowest BCUT2D eigenvalue weighted by molar-refractivity contribution is -0.116. The van der Waals surface area contributed by atoms with Gasteiger partial charge < -0.3 is 15.1 Å². The Balaban J connectivity index is 1.39. The minimum Gasteiger partial charge on any atom is -0.326 e. The molecule has 176 valence electrons. The summed E-state index contributed by atoms with van der Waals surface area (Å²) in [7, 11) is 2.65. The molecule has 1 aliphatic heterocycles. The summed E-state index contributed by atoms with van der Waals surface area (Å²) in [6.07, 6.45) is 2.40. The second-order valence-electron chi connectivity index (χ2n) is 9.31. The van der Waals surface area contributed by atoms with E-state index in [9.17, 15) is 10.1 Å². The van der Waals surface area contributed by atoms with Crippen molar-refractivity contribution in [3.8, 4) is 6.07 Å². The van der Waals surface area contributed by atoms with Crippen molar-refractivity contribution >= 4 is 26.1 Å². The topological polar surface area (TPSA) is 59.4 Å². The average molecular weight is 465 g/mol.